The van der Waals surface area contributed by atoms with E-state index in [4.69, 9.17) is 0 Å². The number of nitrogens with zero attached hydrogens (tertiary/aromatic N) is 2. The number of hydrogen-bond acceptors (Lipinski definition) is 5. The topological polar surface area (TPSA) is 132 Å². The summed E-state index contributed by atoms with van der Waals surface area (Å²) in [5.74, 6) is -2.49. The summed E-state index contributed by atoms with van der Waals surface area (Å²) < 4.78 is 0.907. The Morgan fingerprint density at radius 3 is 2.67 bits per heavy atom. The molecule has 0 aliphatic heterocycles. The lowest BCUT2D eigenvalue weighted by Crippen LogP contribution is -2.37. The highest BCUT2D eigenvalue weighted by Gasteiger charge is 2.19. The third kappa shape index (κ3) is 5.77. The van der Waals surface area contributed by atoms with Gasteiger partial charge in [0.25, 0.3) is 11.2 Å². The van der Waals surface area contributed by atoms with Gasteiger partial charge in [0.1, 0.15) is 6.54 Å². The second kappa shape index (κ2) is 8.75. The maximum absolute atomic E-state index is 12.0. The SMILES string of the molecule is Cc1cccc(CC(CNC(=O)Cn2cc([N+](=O)[O-])ccc2=O)C(=O)O)c1. The molecule has 1 aromatic heterocycles. The lowest BCUT2D eigenvalue weighted by Gasteiger charge is -2.14. The number of pyridine rings is 1. The van der Waals surface area contributed by atoms with E-state index >= 15 is 0 Å². The maximum Gasteiger partial charge on any atom is 0.308 e. The van der Waals surface area contributed by atoms with Crippen LogP contribution in [0.5, 0.6) is 0 Å². The fourth-order valence-corrected chi connectivity index (χ4v) is 2.57. The van der Waals surface area contributed by atoms with E-state index in [1.165, 1.54) is 0 Å². The first-order valence-corrected chi connectivity index (χ1v) is 8.16. The lowest BCUT2D eigenvalue weighted by molar-refractivity contribution is -0.385. The first-order valence-electron chi connectivity index (χ1n) is 8.16. The maximum atomic E-state index is 12.0. The van der Waals surface area contributed by atoms with Crippen molar-refractivity contribution in [3.8, 4) is 0 Å². The molecule has 2 rings (SSSR count). The van der Waals surface area contributed by atoms with Crippen LogP contribution in [0, 0.1) is 23.0 Å². The third-order valence-electron chi connectivity index (χ3n) is 3.95. The standard InChI is InChI=1S/C18H19N3O6/c1-12-3-2-4-13(7-12)8-14(18(24)25)9-19-16(22)11-20-10-15(21(26)27)5-6-17(20)23/h2-7,10,14H,8-9,11H2,1H3,(H,19,22)(H,24,25). The minimum absolute atomic E-state index is 0.119. The van der Waals surface area contributed by atoms with Gasteiger partial charge >= 0.3 is 5.97 Å². The Hall–Kier alpha value is -3.49. The molecule has 0 saturated carbocycles. The molecule has 1 amide bonds. The summed E-state index contributed by atoms with van der Waals surface area (Å²) in [7, 11) is 0. The second-order valence-corrected chi connectivity index (χ2v) is 6.14. The fourth-order valence-electron chi connectivity index (χ4n) is 2.57. The average Bonchev–Trinajstić information content (AvgIpc) is 2.60. The van der Waals surface area contributed by atoms with E-state index in [1.807, 2.05) is 31.2 Å². The molecule has 0 saturated heterocycles. The van der Waals surface area contributed by atoms with Crippen molar-refractivity contribution in [1.29, 1.82) is 0 Å². The number of amides is 1. The molecule has 0 spiro atoms. The van der Waals surface area contributed by atoms with Crippen LogP contribution in [0.3, 0.4) is 0 Å². The number of nitrogens with one attached hydrogen (secondary N) is 1. The molecule has 0 fully saturated rings. The van der Waals surface area contributed by atoms with Gasteiger partial charge in [0, 0.05) is 18.7 Å². The van der Waals surface area contributed by atoms with E-state index in [2.05, 4.69) is 5.32 Å². The summed E-state index contributed by atoms with van der Waals surface area (Å²) in [5, 5.41) is 22.6. The molecule has 0 aliphatic rings. The highest BCUT2D eigenvalue weighted by molar-refractivity contribution is 5.77. The van der Waals surface area contributed by atoms with Crippen molar-refractivity contribution in [3.63, 3.8) is 0 Å². The van der Waals surface area contributed by atoms with Gasteiger partial charge in [-0.1, -0.05) is 29.8 Å². The van der Waals surface area contributed by atoms with Gasteiger partial charge in [-0.3, -0.25) is 29.1 Å². The molecule has 1 unspecified atom stereocenters. The van der Waals surface area contributed by atoms with Gasteiger partial charge in [-0.15, -0.1) is 0 Å². The number of rotatable bonds is 8. The van der Waals surface area contributed by atoms with Crippen LogP contribution >= 0.6 is 0 Å². The summed E-state index contributed by atoms with van der Waals surface area (Å²) >= 11 is 0. The van der Waals surface area contributed by atoms with E-state index < -0.39 is 34.8 Å². The molecule has 0 radical (unpaired) electrons. The van der Waals surface area contributed by atoms with Gasteiger partial charge < -0.3 is 10.4 Å². The summed E-state index contributed by atoms with van der Waals surface area (Å²) in [4.78, 5) is 45.3. The van der Waals surface area contributed by atoms with E-state index in [-0.39, 0.29) is 18.7 Å². The van der Waals surface area contributed by atoms with Crippen molar-refractivity contribution in [2.24, 2.45) is 5.92 Å². The molecular weight excluding hydrogens is 354 g/mol. The predicted octanol–water partition coefficient (Wildman–Crippen LogP) is 1.12. The summed E-state index contributed by atoms with van der Waals surface area (Å²) in [6, 6.07) is 9.48. The number of aryl methyl sites for hydroxylation is 1. The fraction of sp³-hybridized carbons (Fsp3) is 0.278. The Kier molecular flexibility index (Phi) is 6.42. The van der Waals surface area contributed by atoms with Crippen molar-refractivity contribution in [2.45, 2.75) is 19.9 Å². The van der Waals surface area contributed by atoms with Crippen LogP contribution < -0.4 is 10.9 Å². The lowest BCUT2D eigenvalue weighted by atomic mass is 9.98. The van der Waals surface area contributed by atoms with Gasteiger partial charge in [-0.2, -0.15) is 0 Å². The molecule has 27 heavy (non-hydrogen) atoms. The number of hydrogen-bond donors (Lipinski definition) is 2. The molecule has 1 atom stereocenters. The minimum Gasteiger partial charge on any atom is -0.481 e. The molecule has 1 heterocycles. The molecule has 1 aromatic carbocycles. The van der Waals surface area contributed by atoms with E-state index in [0.717, 1.165) is 34.0 Å². The smallest absolute Gasteiger partial charge is 0.308 e. The molecule has 9 nitrogen and oxygen atoms in total. The Morgan fingerprint density at radius 1 is 1.30 bits per heavy atom. The number of aromatic nitrogens is 1. The van der Waals surface area contributed by atoms with E-state index in [0.29, 0.717) is 0 Å². The Bertz CT molecular complexity index is 921. The first kappa shape index (κ1) is 19.8. The largest absolute Gasteiger partial charge is 0.481 e. The number of nitro groups is 1. The molecule has 2 N–H and O–H groups in total. The van der Waals surface area contributed by atoms with E-state index in [9.17, 15) is 29.6 Å². The van der Waals surface area contributed by atoms with Crippen LogP contribution in [-0.2, 0) is 22.6 Å². The number of carboxylic acids is 1. The number of carbonyl (C=O) groups excluding carboxylic acids is 1. The molecule has 142 valence electrons. The second-order valence-electron chi connectivity index (χ2n) is 6.14. The minimum atomic E-state index is -1.05. The van der Waals surface area contributed by atoms with Crippen molar-refractivity contribution >= 4 is 17.6 Å². The van der Waals surface area contributed by atoms with Crippen molar-refractivity contribution in [1.82, 2.24) is 9.88 Å². The summed E-state index contributed by atoms with van der Waals surface area (Å²) in [6.07, 6.45) is 1.22. The van der Waals surface area contributed by atoms with Crippen molar-refractivity contribution in [3.05, 3.63) is 74.2 Å². The van der Waals surface area contributed by atoms with Crippen molar-refractivity contribution < 1.29 is 19.6 Å². The van der Waals surface area contributed by atoms with Crippen molar-refractivity contribution in [2.75, 3.05) is 6.54 Å². The van der Waals surface area contributed by atoms with Crippen LogP contribution in [0.2, 0.25) is 0 Å². The molecule has 9 heteroatoms. The highest BCUT2D eigenvalue weighted by atomic mass is 16.6. The van der Waals surface area contributed by atoms with Crippen LogP contribution in [0.4, 0.5) is 5.69 Å². The average molecular weight is 373 g/mol. The zero-order valence-corrected chi connectivity index (χ0v) is 14.6. The van der Waals surface area contributed by atoms with Crippen LogP contribution in [0.1, 0.15) is 11.1 Å². The van der Waals surface area contributed by atoms with Gasteiger partial charge in [0.15, 0.2) is 0 Å². The quantitative estimate of drug-likeness (QED) is 0.526. The van der Waals surface area contributed by atoms with Crippen LogP contribution in [-0.4, -0.2) is 33.0 Å². The van der Waals surface area contributed by atoms with Gasteiger partial charge in [0.2, 0.25) is 5.91 Å². The Morgan fingerprint density at radius 2 is 2.04 bits per heavy atom. The highest BCUT2D eigenvalue weighted by Crippen LogP contribution is 2.11. The zero-order chi connectivity index (χ0) is 20.0. The number of aliphatic carboxylic acids is 1. The summed E-state index contributed by atoms with van der Waals surface area (Å²) in [6.45, 7) is 1.35. The van der Waals surface area contributed by atoms with Gasteiger partial charge in [-0.25, -0.2) is 0 Å². The number of benzene rings is 1. The van der Waals surface area contributed by atoms with Crippen LogP contribution in [0.15, 0.2) is 47.4 Å². The zero-order valence-electron chi connectivity index (χ0n) is 14.6. The number of carbonyl (C=O) groups is 2. The molecule has 2 aromatic rings. The van der Waals surface area contributed by atoms with Crippen LogP contribution in [0.25, 0.3) is 0 Å². The first-order chi connectivity index (χ1) is 12.8. The Labute approximate surface area is 154 Å². The monoisotopic (exact) mass is 373 g/mol. The van der Waals surface area contributed by atoms with E-state index in [1.54, 1.807) is 0 Å². The van der Waals surface area contributed by atoms with Gasteiger partial charge in [-0.05, 0) is 18.9 Å². The van der Waals surface area contributed by atoms with Gasteiger partial charge in [0.05, 0.1) is 17.0 Å². The predicted molar refractivity (Wildman–Crippen MR) is 96.4 cm³/mol. The molecule has 0 aliphatic carbocycles. The third-order valence-corrected chi connectivity index (χ3v) is 3.95. The summed E-state index contributed by atoms with van der Waals surface area (Å²) in [5.41, 5.74) is 0.966. The number of carboxylic acid groups (broad SMARTS) is 1. The molecule has 0 bridgehead atoms. The normalized spacial score (nSPS) is 11.6. The molecular formula is C18H19N3O6. The Balaban J connectivity index is 2.00.